The van der Waals surface area contributed by atoms with Crippen molar-refractivity contribution in [2.75, 3.05) is 12.0 Å². The van der Waals surface area contributed by atoms with Gasteiger partial charge in [0.2, 0.25) is 5.76 Å². The number of hydrogen-bond donors (Lipinski definition) is 0. The van der Waals surface area contributed by atoms with E-state index >= 15 is 0 Å². The van der Waals surface area contributed by atoms with E-state index in [2.05, 4.69) is 4.98 Å². The lowest BCUT2D eigenvalue weighted by Crippen LogP contribution is -2.29. The Morgan fingerprint density at radius 2 is 1.90 bits per heavy atom. The van der Waals surface area contributed by atoms with Gasteiger partial charge in [-0.2, -0.15) is 0 Å². The number of rotatable bonds is 3. The first-order chi connectivity index (χ1) is 14.9. The number of para-hydroxylation sites is 1. The molecule has 0 radical (unpaired) electrons. The Bertz CT molecular complexity index is 1430. The Morgan fingerprint density at radius 1 is 1.13 bits per heavy atom. The minimum Gasteiger partial charge on any atom is -0.465 e. The molecular formula is C22H16N2O6S. The van der Waals surface area contributed by atoms with Crippen LogP contribution < -0.4 is 10.3 Å². The highest BCUT2D eigenvalue weighted by Gasteiger charge is 2.46. The second-order valence-electron chi connectivity index (χ2n) is 7.10. The smallest absolute Gasteiger partial charge is 0.350 e. The molecular weight excluding hydrogens is 420 g/mol. The Labute approximate surface area is 179 Å². The third-order valence-corrected chi connectivity index (χ3v) is 6.31. The van der Waals surface area contributed by atoms with Crippen LogP contribution in [0.2, 0.25) is 0 Å². The molecule has 9 heteroatoms. The second-order valence-corrected chi connectivity index (χ2v) is 8.08. The van der Waals surface area contributed by atoms with Gasteiger partial charge in [0.05, 0.1) is 23.8 Å². The molecule has 4 heterocycles. The number of aryl methyl sites for hydroxylation is 2. The fraction of sp³-hybridized carbons (Fsp3) is 0.182. The average molecular weight is 436 g/mol. The summed E-state index contributed by atoms with van der Waals surface area (Å²) in [6.45, 7) is 3.43. The van der Waals surface area contributed by atoms with Crippen molar-refractivity contribution in [1.29, 1.82) is 0 Å². The highest BCUT2D eigenvalue weighted by Crippen LogP contribution is 2.43. The number of methoxy groups -OCH3 is 1. The number of anilines is 1. The third kappa shape index (κ3) is 2.81. The van der Waals surface area contributed by atoms with Crippen molar-refractivity contribution in [3.63, 3.8) is 0 Å². The van der Waals surface area contributed by atoms with Crippen LogP contribution in [0.5, 0.6) is 0 Å². The molecule has 0 aliphatic carbocycles. The fourth-order valence-corrected chi connectivity index (χ4v) is 4.77. The van der Waals surface area contributed by atoms with Gasteiger partial charge in [0, 0.05) is 0 Å². The van der Waals surface area contributed by atoms with Crippen LogP contribution in [0.4, 0.5) is 5.13 Å². The molecule has 0 spiro atoms. The Balaban J connectivity index is 1.77. The quantitative estimate of drug-likeness (QED) is 0.447. The summed E-state index contributed by atoms with van der Waals surface area (Å²) in [6, 6.07) is 9.36. The van der Waals surface area contributed by atoms with Crippen LogP contribution in [0.1, 0.15) is 49.0 Å². The lowest BCUT2D eigenvalue weighted by molar-refractivity contribution is 0.0605. The summed E-state index contributed by atoms with van der Waals surface area (Å²) in [5.41, 5.74) is 0.620. The molecule has 0 fully saturated rings. The van der Waals surface area contributed by atoms with Crippen molar-refractivity contribution in [3.8, 4) is 0 Å². The van der Waals surface area contributed by atoms with Gasteiger partial charge in [0.1, 0.15) is 28.0 Å². The van der Waals surface area contributed by atoms with E-state index in [-0.39, 0.29) is 26.8 Å². The molecule has 4 aromatic rings. The molecule has 8 nitrogen and oxygen atoms in total. The number of furan rings is 1. The summed E-state index contributed by atoms with van der Waals surface area (Å²) in [5, 5.41) is 0.617. The van der Waals surface area contributed by atoms with Gasteiger partial charge >= 0.3 is 5.97 Å². The van der Waals surface area contributed by atoms with E-state index in [1.165, 1.54) is 12.0 Å². The monoisotopic (exact) mass is 436 g/mol. The molecule has 0 bridgehead atoms. The molecule has 156 valence electrons. The molecule has 1 amide bonds. The molecule has 1 aliphatic heterocycles. The SMILES string of the molecule is COC(=O)c1sc(N2C(=O)c3oc4ccccc4c(=O)c3[C@H]2c2ccc(C)o2)nc1C. The normalized spacial score (nSPS) is 15.5. The summed E-state index contributed by atoms with van der Waals surface area (Å²) in [5.74, 6) is -0.0979. The average Bonchev–Trinajstić information content (AvgIpc) is 3.43. The van der Waals surface area contributed by atoms with Crippen molar-refractivity contribution >= 4 is 39.3 Å². The first-order valence-electron chi connectivity index (χ1n) is 9.42. The molecule has 1 aromatic carbocycles. The lowest BCUT2D eigenvalue weighted by atomic mass is 10.0. The van der Waals surface area contributed by atoms with Crippen LogP contribution in [0.15, 0.2) is 50.0 Å². The largest absolute Gasteiger partial charge is 0.465 e. The molecule has 0 saturated carbocycles. The molecule has 1 aliphatic rings. The maximum Gasteiger partial charge on any atom is 0.350 e. The number of thiazole rings is 1. The van der Waals surface area contributed by atoms with Crippen molar-refractivity contribution < 1.29 is 23.2 Å². The van der Waals surface area contributed by atoms with E-state index in [4.69, 9.17) is 13.6 Å². The molecule has 3 aromatic heterocycles. The Kier molecular flexibility index (Phi) is 4.30. The molecule has 1 atom stereocenters. The van der Waals surface area contributed by atoms with Gasteiger partial charge in [-0.3, -0.25) is 14.5 Å². The predicted molar refractivity (Wildman–Crippen MR) is 113 cm³/mol. The number of amides is 1. The van der Waals surface area contributed by atoms with Gasteiger partial charge in [-0.05, 0) is 38.1 Å². The minimum absolute atomic E-state index is 0.0600. The highest BCUT2D eigenvalue weighted by molar-refractivity contribution is 7.17. The molecule has 31 heavy (non-hydrogen) atoms. The minimum atomic E-state index is -0.867. The first-order valence-corrected chi connectivity index (χ1v) is 10.2. The topological polar surface area (TPSA) is 103 Å². The number of benzene rings is 1. The fourth-order valence-electron chi connectivity index (χ4n) is 3.75. The van der Waals surface area contributed by atoms with Gasteiger partial charge in [-0.15, -0.1) is 0 Å². The highest BCUT2D eigenvalue weighted by atomic mass is 32.1. The molecule has 0 unspecified atom stereocenters. The van der Waals surface area contributed by atoms with Crippen molar-refractivity contribution in [3.05, 3.63) is 80.0 Å². The van der Waals surface area contributed by atoms with Crippen LogP contribution in [0.25, 0.3) is 11.0 Å². The van der Waals surface area contributed by atoms with E-state index < -0.39 is 17.9 Å². The number of ether oxygens (including phenoxy) is 1. The van der Waals surface area contributed by atoms with Crippen LogP contribution >= 0.6 is 11.3 Å². The van der Waals surface area contributed by atoms with Gasteiger partial charge < -0.3 is 13.6 Å². The molecule has 0 N–H and O–H groups in total. The number of carbonyl (C=O) groups is 2. The number of hydrogen-bond acceptors (Lipinski definition) is 8. The van der Waals surface area contributed by atoms with Crippen LogP contribution in [0, 0.1) is 13.8 Å². The van der Waals surface area contributed by atoms with Gasteiger partial charge in [-0.25, -0.2) is 9.78 Å². The van der Waals surface area contributed by atoms with Crippen LogP contribution in [0.3, 0.4) is 0 Å². The van der Waals surface area contributed by atoms with E-state index in [1.807, 2.05) is 0 Å². The zero-order valence-electron chi connectivity index (χ0n) is 16.8. The van der Waals surface area contributed by atoms with Crippen molar-refractivity contribution in [1.82, 2.24) is 4.98 Å². The molecule has 5 rings (SSSR count). The van der Waals surface area contributed by atoms with Crippen LogP contribution in [-0.2, 0) is 4.74 Å². The zero-order chi connectivity index (χ0) is 21.9. The Hall–Kier alpha value is -3.72. The number of carbonyl (C=O) groups excluding carboxylic acids is 2. The summed E-state index contributed by atoms with van der Waals surface area (Å²) in [4.78, 5) is 45.0. The predicted octanol–water partition coefficient (Wildman–Crippen LogP) is 4.00. The zero-order valence-corrected chi connectivity index (χ0v) is 17.6. The first kappa shape index (κ1) is 19.3. The molecule has 0 saturated heterocycles. The van der Waals surface area contributed by atoms with Crippen LogP contribution in [-0.4, -0.2) is 24.0 Å². The summed E-state index contributed by atoms with van der Waals surface area (Å²) in [6.07, 6.45) is 0. The summed E-state index contributed by atoms with van der Waals surface area (Å²) in [7, 11) is 1.28. The van der Waals surface area contributed by atoms with E-state index in [0.29, 0.717) is 28.2 Å². The van der Waals surface area contributed by atoms with E-state index in [1.54, 1.807) is 50.2 Å². The third-order valence-electron chi connectivity index (χ3n) is 5.17. The second kappa shape index (κ2) is 6.92. The number of nitrogens with zero attached hydrogens (tertiary/aromatic N) is 2. The lowest BCUT2D eigenvalue weighted by Gasteiger charge is -2.20. The van der Waals surface area contributed by atoms with Gasteiger partial charge in [0.25, 0.3) is 5.91 Å². The number of fused-ring (bicyclic) bond motifs is 2. The maximum absolute atomic E-state index is 13.4. The Morgan fingerprint density at radius 3 is 2.61 bits per heavy atom. The van der Waals surface area contributed by atoms with E-state index in [9.17, 15) is 14.4 Å². The number of esters is 1. The standard InChI is InChI=1S/C22H16N2O6S/c1-10-8-9-14(29-10)16-15-17(25)12-6-4-5-7-13(12)30-18(15)20(26)24(16)22-23-11(2)19(31-22)21(27)28-3/h4-9,16H,1-3H3/t16-/m1/s1. The van der Waals surface area contributed by atoms with Crippen molar-refractivity contribution in [2.24, 2.45) is 0 Å². The van der Waals surface area contributed by atoms with Gasteiger partial charge in [-0.1, -0.05) is 23.5 Å². The van der Waals surface area contributed by atoms with E-state index in [0.717, 1.165) is 11.3 Å². The number of aromatic nitrogens is 1. The maximum atomic E-state index is 13.4. The van der Waals surface area contributed by atoms with Crippen molar-refractivity contribution in [2.45, 2.75) is 19.9 Å². The summed E-state index contributed by atoms with van der Waals surface area (Å²) >= 11 is 1.01. The van der Waals surface area contributed by atoms with Gasteiger partial charge in [0.15, 0.2) is 10.6 Å². The summed E-state index contributed by atoms with van der Waals surface area (Å²) < 4.78 is 16.5.